The maximum Gasteiger partial charge on any atom is 0.304 e. The van der Waals surface area contributed by atoms with Crippen LogP contribution >= 0.6 is 0 Å². The fourth-order valence-corrected chi connectivity index (χ4v) is 1.86. The minimum atomic E-state index is -0.927. The molecule has 1 aromatic rings. The standard InChI is InChI=1S/C14H19NO3/c1-3-12(9-13(16)17)14(18)15(2)10-11-7-5-4-6-8-11/h4-8,12H,3,9-10H2,1-2H3,(H,16,17). The van der Waals surface area contributed by atoms with Crippen LogP contribution in [0.2, 0.25) is 0 Å². The smallest absolute Gasteiger partial charge is 0.304 e. The maximum atomic E-state index is 12.1. The normalized spacial score (nSPS) is 11.9. The van der Waals surface area contributed by atoms with Crippen molar-refractivity contribution in [1.29, 1.82) is 0 Å². The first-order valence-corrected chi connectivity index (χ1v) is 6.05. The second-order valence-electron chi connectivity index (χ2n) is 4.38. The van der Waals surface area contributed by atoms with Crippen molar-refractivity contribution < 1.29 is 14.7 Å². The summed E-state index contributed by atoms with van der Waals surface area (Å²) in [5.41, 5.74) is 1.04. The van der Waals surface area contributed by atoms with E-state index in [1.54, 1.807) is 11.9 Å². The molecule has 0 radical (unpaired) electrons. The molecule has 0 heterocycles. The average molecular weight is 249 g/mol. The van der Waals surface area contributed by atoms with Gasteiger partial charge in [0.05, 0.1) is 6.42 Å². The van der Waals surface area contributed by atoms with Gasteiger partial charge in [0.1, 0.15) is 0 Å². The van der Waals surface area contributed by atoms with Crippen LogP contribution in [0.4, 0.5) is 0 Å². The van der Waals surface area contributed by atoms with Crippen molar-refractivity contribution in [2.24, 2.45) is 5.92 Å². The Hall–Kier alpha value is -1.84. The topological polar surface area (TPSA) is 57.6 Å². The molecule has 0 saturated heterocycles. The molecular weight excluding hydrogens is 230 g/mol. The summed E-state index contributed by atoms with van der Waals surface area (Å²) < 4.78 is 0. The Kier molecular flexibility index (Phi) is 5.36. The van der Waals surface area contributed by atoms with Crippen molar-refractivity contribution in [1.82, 2.24) is 4.90 Å². The van der Waals surface area contributed by atoms with E-state index in [2.05, 4.69) is 0 Å². The van der Waals surface area contributed by atoms with Crippen LogP contribution in [0.1, 0.15) is 25.3 Å². The van der Waals surface area contributed by atoms with E-state index >= 15 is 0 Å². The molecule has 0 bridgehead atoms. The fraction of sp³-hybridized carbons (Fsp3) is 0.429. The van der Waals surface area contributed by atoms with E-state index < -0.39 is 11.9 Å². The molecule has 0 aliphatic heterocycles. The zero-order valence-electron chi connectivity index (χ0n) is 10.8. The largest absolute Gasteiger partial charge is 0.481 e. The molecule has 0 spiro atoms. The van der Waals surface area contributed by atoms with Crippen molar-refractivity contribution in [3.8, 4) is 0 Å². The molecule has 1 aromatic carbocycles. The average Bonchev–Trinajstić information content (AvgIpc) is 2.36. The number of nitrogens with zero attached hydrogens (tertiary/aromatic N) is 1. The second kappa shape index (κ2) is 6.79. The highest BCUT2D eigenvalue weighted by Crippen LogP contribution is 2.13. The Morgan fingerprint density at radius 3 is 2.39 bits per heavy atom. The summed E-state index contributed by atoms with van der Waals surface area (Å²) in [6.07, 6.45) is 0.443. The summed E-state index contributed by atoms with van der Waals surface area (Å²) in [5, 5.41) is 8.76. The van der Waals surface area contributed by atoms with Crippen LogP contribution in [0.25, 0.3) is 0 Å². The van der Waals surface area contributed by atoms with E-state index in [4.69, 9.17) is 5.11 Å². The Morgan fingerprint density at radius 2 is 1.89 bits per heavy atom. The molecule has 18 heavy (non-hydrogen) atoms. The molecule has 0 saturated carbocycles. The second-order valence-corrected chi connectivity index (χ2v) is 4.38. The lowest BCUT2D eigenvalue weighted by Gasteiger charge is -2.22. The SMILES string of the molecule is CCC(CC(=O)O)C(=O)N(C)Cc1ccccc1. The Bertz CT molecular complexity index is 403. The zero-order chi connectivity index (χ0) is 13.5. The van der Waals surface area contributed by atoms with Gasteiger partial charge in [-0.2, -0.15) is 0 Å². The highest BCUT2D eigenvalue weighted by atomic mass is 16.4. The first kappa shape index (κ1) is 14.2. The van der Waals surface area contributed by atoms with Gasteiger partial charge < -0.3 is 10.0 Å². The summed E-state index contributed by atoms with van der Waals surface area (Å²) in [5.74, 6) is -1.47. The molecule has 1 unspecified atom stereocenters. The van der Waals surface area contributed by atoms with Crippen molar-refractivity contribution >= 4 is 11.9 Å². The van der Waals surface area contributed by atoms with Gasteiger partial charge in [-0.25, -0.2) is 0 Å². The van der Waals surface area contributed by atoms with Crippen molar-refractivity contribution in [3.05, 3.63) is 35.9 Å². The van der Waals surface area contributed by atoms with Crippen molar-refractivity contribution in [3.63, 3.8) is 0 Å². The molecule has 4 nitrogen and oxygen atoms in total. The predicted molar refractivity (Wildman–Crippen MR) is 68.9 cm³/mol. The number of aliphatic carboxylic acids is 1. The number of hydrogen-bond acceptors (Lipinski definition) is 2. The highest BCUT2D eigenvalue weighted by molar-refractivity contribution is 5.83. The van der Waals surface area contributed by atoms with Crippen LogP contribution in [0.3, 0.4) is 0 Å². The lowest BCUT2D eigenvalue weighted by atomic mass is 10.0. The number of hydrogen-bond donors (Lipinski definition) is 1. The van der Waals surface area contributed by atoms with Gasteiger partial charge in [-0.05, 0) is 12.0 Å². The van der Waals surface area contributed by atoms with Gasteiger partial charge in [0, 0.05) is 19.5 Å². The number of carboxylic acids is 1. The number of amides is 1. The third-order valence-corrected chi connectivity index (χ3v) is 2.90. The van der Waals surface area contributed by atoms with E-state index in [0.717, 1.165) is 5.56 Å². The molecule has 1 amide bonds. The zero-order valence-corrected chi connectivity index (χ0v) is 10.8. The molecule has 1 rings (SSSR count). The Labute approximate surface area is 107 Å². The maximum absolute atomic E-state index is 12.1. The molecule has 0 aromatic heterocycles. The summed E-state index contributed by atoms with van der Waals surface area (Å²) in [4.78, 5) is 24.3. The van der Waals surface area contributed by atoms with Gasteiger partial charge in [0.15, 0.2) is 0 Å². The highest BCUT2D eigenvalue weighted by Gasteiger charge is 2.22. The molecule has 1 N–H and O–H groups in total. The van der Waals surface area contributed by atoms with Gasteiger partial charge in [-0.1, -0.05) is 37.3 Å². The van der Waals surface area contributed by atoms with E-state index in [1.807, 2.05) is 37.3 Å². The van der Waals surface area contributed by atoms with Gasteiger partial charge in [-0.3, -0.25) is 9.59 Å². The summed E-state index contributed by atoms with van der Waals surface area (Å²) in [6.45, 7) is 2.34. The molecule has 1 atom stereocenters. The van der Waals surface area contributed by atoms with Gasteiger partial charge in [0.25, 0.3) is 0 Å². The minimum Gasteiger partial charge on any atom is -0.481 e. The van der Waals surface area contributed by atoms with Gasteiger partial charge >= 0.3 is 5.97 Å². The predicted octanol–water partition coefficient (Wildman–Crippen LogP) is 2.15. The summed E-state index contributed by atoms with van der Waals surface area (Å²) in [7, 11) is 1.71. The third-order valence-electron chi connectivity index (χ3n) is 2.90. The number of carboxylic acid groups (broad SMARTS) is 1. The first-order valence-electron chi connectivity index (χ1n) is 6.05. The number of benzene rings is 1. The minimum absolute atomic E-state index is 0.103. The van der Waals surface area contributed by atoms with Crippen LogP contribution in [-0.4, -0.2) is 28.9 Å². The Balaban J connectivity index is 2.62. The van der Waals surface area contributed by atoms with Crippen LogP contribution in [-0.2, 0) is 16.1 Å². The summed E-state index contributed by atoms with van der Waals surface area (Å²) in [6, 6.07) is 9.65. The Morgan fingerprint density at radius 1 is 1.28 bits per heavy atom. The van der Waals surface area contributed by atoms with Gasteiger partial charge in [0.2, 0.25) is 5.91 Å². The van der Waals surface area contributed by atoms with Crippen LogP contribution in [0.15, 0.2) is 30.3 Å². The van der Waals surface area contributed by atoms with E-state index in [-0.39, 0.29) is 12.3 Å². The van der Waals surface area contributed by atoms with E-state index in [0.29, 0.717) is 13.0 Å². The molecule has 0 fully saturated rings. The monoisotopic (exact) mass is 249 g/mol. The molecular formula is C14H19NO3. The molecule has 0 aliphatic rings. The molecule has 98 valence electrons. The number of rotatable bonds is 6. The molecule has 0 aliphatic carbocycles. The number of carbonyl (C=O) groups is 2. The first-order chi connectivity index (χ1) is 8.54. The van der Waals surface area contributed by atoms with Crippen LogP contribution in [0, 0.1) is 5.92 Å². The number of carbonyl (C=O) groups excluding carboxylic acids is 1. The van der Waals surface area contributed by atoms with Crippen molar-refractivity contribution in [2.75, 3.05) is 7.05 Å². The van der Waals surface area contributed by atoms with Crippen LogP contribution in [0.5, 0.6) is 0 Å². The lowest BCUT2D eigenvalue weighted by molar-refractivity contribution is -0.144. The quantitative estimate of drug-likeness (QED) is 0.840. The van der Waals surface area contributed by atoms with Crippen molar-refractivity contribution in [2.45, 2.75) is 26.3 Å². The van der Waals surface area contributed by atoms with Crippen LogP contribution < -0.4 is 0 Å². The fourth-order valence-electron chi connectivity index (χ4n) is 1.86. The molecule has 4 heteroatoms. The summed E-state index contributed by atoms with van der Waals surface area (Å²) >= 11 is 0. The van der Waals surface area contributed by atoms with E-state index in [1.165, 1.54) is 0 Å². The third kappa shape index (κ3) is 4.20. The lowest BCUT2D eigenvalue weighted by Crippen LogP contribution is -2.33. The van der Waals surface area contributed by atoms with Gasteiger partial charge in [-0.15, -0.1) is 0 Å². The van der Waals surface area contributed by atoms with E-state index in [9.17, 15) is 9.59 Å².